The van der Waals surface area contributed by atoms with E-state index in [4.69, 9.17) is 28.2 Å². The summed E-state index contributed by atoms with van der Waals surface area (Å²) < 4.78 is 0. The van der Waals surface area contributed by atoms with Gasteiger partial charge in [-0.3, -0.25) is 4.79 Å². The van der Waals surface area contributed by atoms with E-state index in [1.54, 1.807) is 42.5 Å². The zero-order valence-corrected chi connectivity index (χ0v) is 15.6. The number of aromatic nitrogens is 1. The molecule has 0 aliphatic heterocycles. The quantitative estimate of drug-likeness (QED) is 0.434. The third-order valence-corrected chi connectivity index (χ3v) is 4.71. The van der Waals surface area contributed by atoms with E-state index in [1.165, 1.54) is 0 Å². The number of carbonyl (C=O) groups excluding carboxylic acids is 1. The number of carbonyl (C=O) groups is 1. The molecule has 3 nitrogen and oxygen atoms in total. The largest absolute Gasteiger partial charge is 0.322 e. The summed E-state index contributed by atoms with van der Waals surface area (Å²) in [5.41, 5.74) is 3.60. The molecule has 1 N–H and O–H groups in total. The fraction of sp³-hybridized carbons (Fsp3) is 0. The molecule has 1 heterocycles. The smallest absolute Gasteiger partial charge is 0.256 e. The maximum absolute atomic E-state index is 13.0. The molecule has 0 saturated carbocycles. The van der Waals surface area contributed by atoms with Gasteiger partial charge in [0.15, 0.2) is 0 Å². The predicted octanol–water partition coefficient (Wildman–Crippen LogP) is 6.46. The van der Waals surface area contributed by atoms with Gasteiger partial charge in [0.25, 0.3) is 5.91 Å². The number of rotatable bonds is 3. The van der Waals surface area contributed by atoms with Crippen molar-refractivity contribution in [3.63, 3.8) is 0 Å². The van der Waals surface area contributed by atoms with E-state index in [2.05, 4.69) is 5.32 Å². The third-order valence-electron chi connectivity index (χ3n) is 4.20. The van der Waals surface area contributed by atoms with Gasteiger partial charge in [-0.05, 0) is 48.5 Å². The first-order valence-electron chi connectivity index (χ1n) is 8.33. The number of benzene rings is 3. The van der Waals surface area contributed by atoms with Gasteiger partial charge in [-0.1, -0.05) is 53.5 Å². The first-order chi connectivity index (χ1) is 13.1. The lowest BCUT2D eigenvalue weighted by Crippen LogP contribution is -2.13. The number of nitrogens with zero attached hydrogens (tertiary/aromatic N) is 1. The summed E-state index contributed by atoms with van der Waals surface area (Å²) in [5, 5.41) is 4.98. The summed E-state index contributed by atoms with van der Waals surface area (Å²) in [4.78, 5) is 17.7. The number of anilines is 1. The highest BCUT2D eigenvalue weighted by Crippen LogP contribution is 2.26. The van der Waals surface area contributed by atoms with Crippen LogP contribution in [0.25, 0.3) is 22.2 Å². The van der Waals surface area contributed by atoms with Crippen LogP contribution in [0.1, 0.15) is 10.4 Å². The van der Waals surface area contributed by atoms with Crippen molar-refractivity contribution >= 4 is 45.7 Å². The fourth-order valence-electron chi connectivity index (χ4n) is 2.86. The van der Waals surface area contributed by atoms with Crippen LogP contribution in [-0.2, 0) is 0 Å². The molecule has 0 unspecified atom stereocenters. The average Bonchev–Trinajstić information content (AvgIpc) is 2.69. The van der Waals surface area contributed by atoms with E-state index in [9.17, 15) is 4.79 Å². The molecule has 132 valence electrons. The van der Waals surface area contributed by atoms with E-state index in [0.717, 1.165) is 16.5 Å². The van der Waals surface area contributed by atoms with Crippen LogP contribution in [0.4, 0.5) is 5.69 Å². The van der Waals surface area contributed by atoms with Crippen LogP contribution in [0.2, 0.25) is 10.0 Å². The highest BCUT2D eigenvalue weighted by Gasteiger charge is 2.14. The Hall–Kier alpha value is -2.88. The maximum atomic E-state index is 13.0. The molecule has 0 aliphatic carbocycles. The van der Waals surface area contributed by atoms with Crippen molar-refractivity contribution < 1.29 is 4.79 Å². The number of hydrogen-bond acceptors (Lipinski definition) is 2. The van der Waals surface area contributed by atoms with Crippen molar-refractivity contribution in [3.05, 3.63) is 94.5 Å². The second-order valence-electron chi connectivity index (χ2n) is 6.04. The van der Waals surface area contributed by atoms with Gasteiger partial charge in [-0.2, -0.15) is 0 Å². The Labute approximate surface area is 166 Å². The molecule has 4 aromatic rings. The van der Waals surface area contributed by atoms with Crippen molar-refractivity contribution in [1.29, 1.82) is 0 Å². The fourth-order valence-corrected chi connectivity index (χ4v) is 3.12. The monoisotopic (exact) mass is 392 g/mol. The summed E-state index contributed by atoms with van der Waals surface area (Å²) in [6, 6.07) is 23.8. The van der Waals surface area contributed by atoms with E-state index in [-0.39, 0.29) is 5.91 Å². The van der Waals surface area contributed by atoms with Crippen LogP contribution < -0.4 is 5.32 Å². The molecule has 27 heavy (non-hydrogen) atoms. The van der Waals surface area contributed by atoms with E-state index in [1.807, 2.05) is 36.4 Å². The Morgan fingerprint density at radius 3 is 2.15 bits per heavy atom. The highest BCUT2D eigenvalue weighted by atomic mass is 35.5. The minimum atomic E-state index is -0.203. The van der Waals surface area contributed by atoms with E-state index < -0.39 is 0 Å². The van der Waals surface area contributed by atoms with Crippen molar-refractivity contribution in [2.24, 2.45) is 0 Å². The number of fused-ring (bicyclic) bond motifs is 1. The molecule has 0 bridgehead atoms. The van der Waals surface area contributed by atoms with E-state index >= 15 is 0 Å². The molecule has 5 heteroatoms. The molecule has 0 spiro atoms. The first kappa shape index (κ1) is 17.5. The molecule has 1 amide bonds. The summed E-state index contributed by atoms with van der Waals surface area (Å²) >= 11 is 11.9. The Balaban J connectivity index is 1.79. The number of pyridine rings is 1. The summed E-state index contributed by atoms with van der Waals surface area (Å²) in [6.45, 7) is 0. The second-order valence-corrected chi connectivity index (χ2v) is 6.91. The molecule has 0 radical (unpaired) electrons. The number of hydrogen-bond donors (Lipinski definition) is 1. The number of para-hydroxylation sites is 1. The van der Waals surface area contributed by atoms with Gasteiger partial charge in [0, 0.05) is 26.7 Å². The number of halogens is 2. The Kier molecular flexibility index (Phi) is 4.80. The molecule has 0 saturated heterocycles. The summed E-state index contributed by atoms with van der Waals surface area (Å²) in [6.07, 6.45) is 0. The van der Waals surface area contributed by atoms with Gasteiger partial charge in [0.2, 0.25) is 0 Å². The van der Waals surface area contributed by atoms with Crippen LogP contribution >= 0.6 is 23.2 Å². The molecule has 1 aromatic heterocycles. The van der Waals surface area contributed by atoms with Gasteiger partial charge in [-0.15, -0.1) is 0 Å². The summed E-state index contributed by atoms with van der Waals surface area (Å²) in [5.74, 6) is -0.203. The molecular formula is C22H14Cl2N2O. The highest BCUT2D eigenvalue weighted by molar-refractivity contribution is 6.31. The van der Waals surface area contributed by atoms with Gasteiger partial charge in [0.05, 0.1) is 16.8 Å². The minimum Gasteiger partial charge on any atom is -0.322 e. The normalized spacial score (nSPS) is 10.7. The van der Waals surface area contributed by atoms with Crippen molar-refractivity contribution in [2.75, 3.05) is 5.32 Å². The topological polar surface area (TPSA) is 42.0 Å². The lowest BCUT2D eigenvalue weighted by atomic mass is 10.0. The SMILES string of the molecule is O=C(Nc1ccc(Cl)cc1)c1cc(-c2ccc(Cl)cc2)nc2ccccc12. The lowest BCUT2D eigenvalue weighted by molar-refractivity contribution is 0.102. The molecule has 0 aliphatic rings. The average molecular weight is 393 g/mol. The van der Waals surface area contributed by atoms with E-state index in [0.29, 0.717) is 27.0 Å². The molecule has 3 aromatic carbocycles. The van der Waals surface area contributed by atoms with Crippen LogP contribution in [-0.4, -0.2) is 10.9 Å². The minimum absolute atomic E-state index is 0.203. The first-order valence-corrected chi connectivity index (χ1v) is 9.08. The third kappa shape index (κ3) is 3.80. The number of amides is 1. The van der Waals surface area contributed by atoms with Crippen LogP contribution in [0.15, 0.2) is 78.9 Å². The molecule has 0 fully saturated rings. The Morgan fingerprint density at radius 1 is 0.815 bits per heavy atom. The summed E-state index contributed by atoms with van der Waals surface area (Å²) in [7, 11) is 0. The van der Waals surface area contributed by atoms with Crippen molar-refractivity contribution in [1.82, 2.24) is 4.98 Å². The van der Waals surface area contributed by atoms with Gasteiger partial charge < -0.3 is 5.32 Å². The van der Waals surface area contributed by atoms with Crippen molar-refractivity contribution in [3.8, 4) is 11.3 Å². The van der Waals surface area contributed by atoms with Crippen molar-refractivity contribution in [2.45, 2.75) is 0 Å². The molecule has 0 atom stereocenters. The lowest BCUT2D eigenvalue weighted by Gasteiger charge is -2.11. The molecular weight excluding hydrogens is 379 g/mol. The Bertz CT molecular complexity index is 1120. The van der Waals surface area contributed by atoms with Crippen LogP contribution in [0.3, 0.4) is 0 Å². The standard InChI is InChI=1S/C22H14Cl2N2O/c23-15-7-5-14(6-8-15)21-13-19(18-3-1-2-4-20(18)26-21)22(27)25-17-11-9-16(24)10-12-17/h1-13H,(H,25,27). The van der Waals surface area contributed by atoms with Crippen LogP contribution in [0, 0.1) is 0 Å². The predicted molar refractivity (Wildman–Crippen MR) is 112 cm³/mol. The Morgan fingerprint density at radius 2 is 1.44 bits per heavy atom. The zero-order chi connectivity index (χ0) is 18.8. The maximum Gasteiger partial charge on any atom is 0.256 e. The zero-order valence-electron chi connectivity index (χ0n) is 14.1. The second kappa shape index (κ2) is 7.39. The van der Waals surface area contributed by atoms with Gasteiger partial charge in [-0.25, -0.2) is 4.98 Å². The number of nitrogens with one attached hydrogen (secondary N) is 1. The molecule has 4 rings (SSSR count). The van der Waals surface area contributed by atoms with Crippen LogP contribution in [0.5, 0.6) is 0 Å². The van der Waals surface area contributed by atoms with Gasteiger partial charge in [0.1, 0.15) is 0 Å². The van der Waals surface area contributed by atoms with Gasteiger partial charge >= 0.3 is 0 Å².